The Morgan fingerprint density at radius 2 is 1.89 bits per heavy atom. The molecule has 1 aromatic rings. The largest absolute Gasteiger partial charge is 0.459 e. The van der Waals surface area contributed by atoms with E-state index in [0.29, 0.717) is 5.69 Å². The zero-order chi connectivity index (χ0) is 13.5. The van der Waals surface area contributed by atoms with Crippen LogP contribution in [0, 0.1) is 0 Å². The lowest BCUT2D eigenvalue weighted by atomic mass is 10.1. The monoisotopic (exact) mass is 250 g/mol. The fourth-order valence-corrected chi connectivity index (χ4v) is 1.16. The Morgan fingerprint density at radius 1 is 1.22 bits per heavy atom. The lowest BCUT2D eigenvalue weighted by molar-refractivity contribution is -0.138. The predicted octanol–water partition coefficient (Wildman–Crippen LogP) is 0.737. The van der Waals surface area contributed by atoms with Gasteiger partial charge in [-0.1, -0.05) is 6.58 Å². The summed E-state index contributed by atoms with van der Waals surface area (Å²) in [7, 11) is 0. The van der Waals surface area contributed by atoms with Gasteiger partial charge < -0.3 is 20.9 Å². The SMILES string of the molecule is C=CC(=O)OCCOC(=O)c1cc(N)ccc1N. The van der Waals surface area contributed by atoms with Gasteiger partial charge in [0.2, 0.25) is 0 Å². The van der Waals surface area contributed by atoms with E-state index in [2.05, 4.69) is 11.3 Å². The Hall–Kier alpha value is -2.50. The first-order valence-corrected chi connectivity index (χ1v) is 5.16. The molecule has 6 heteroatoms. The fraction of sp³-hybridized carbons (Fsp3) is 0.167. The van der Waals surface area contributed by atoms with Crippen LogP contribution in [0.5, 0.6) is 0 Å². The van der Waals surface area contributed by atoms with Crippen LogP contribution >= 0.6 is 0 Å². The Labute approximate surface area is 104 Å². The molecule has 0 radical (unpaired) electrons. The third-order valence-electron chi connectivity index (χ3n) is 2.02. The molecule has 18 heavy (non-hydrogen) atoms. The molecule has 96 valence electrons. The van der Waals surface area contributed by atoms with Crippen LogP contribution in [-0.2, 0) is 14.3 Å². The number of nitrogens with two attached hydrogens (primary N) is 2. The fourth-order valence-electron chi connectivity index (χ4n) is 1.16. The molecule has 0 bridgehead atoms. The summed E-state index contributed by atoms with van der Waals surface area (Å²) in [6.45, 7) is 3.12. The van der Waals surface area contributed by atoms with Crippen LogP contribution in [0.4, 0.5) is 11.4 Å². The van der Waals surface area contributed by atoms with Crippen LogP contribution in [0.1, 0.15) is 10.4 Å². The molecule has 4 N–H and O–H groups in total. The van der Waals surface area contributed by atoms with Crippen LogP contribution < -0.4 is 11.5 Å². The predicted molar refractivity (Wildman–Crippen MR) is 66.7 cm³/mol. The maximum absolute atomic E-state index is 11.6. The minimum Gasteiger partial charge on any atom is -0.459 e. The summed E-state index contributed by atoms with van der Waals surface area (Å²) in [5.41, 5.74) is 12.0. The van der Waals surface area contributed by atoms with E-state index in [-0.39, 0.29) is 24.5 Å². The molecular formula is C12H14N2O4. The third-order valence-corrected chi connectivity index (χ3v) is 2.02. The molecule has 0 amide bonds. The number of esters is 2. The zero-order valence-electron chi connectivity index (χ0n) is 9.72. The number of hydrogen-bond donors (Lipinski definition) is 2. The Bertz CT molecular complexity index is 471. The maximum atomic E-state index is 11.6. The van der Waals surface area contributed by atoms with Crippen molar-refractivity contribution in [2.45, 2.75) is 0 Å². The molecule has 0 atom stereocenters. The van der Waals surface area contributed by atoms with Gasteiger partial charge in [-0.3, -0.25) is 0 Å². The quantitative estimate of drug-likeness (QED) is 0.345. The number of anilines is 2. The number of carbonyl (C=O) groups excluding carboxylic acids is 2. The molecule has 0 unspecified atom stereocenters. The summed E-state index contributed by atoms with van der Waals surface area (Å²) in [6, 6.07) is 4.52. The molecule has 0 saturated heterocycles. The molecule has 0 spiro atoms. The van der Waals surface area contributed by atoms with Crippen molar-refractivity contribution in [3.63, 3.8) is 0 Å². The van der Waals surface area contributed by atoms with Crippen LogP contribution in [0.25, 0.3) is 0 Å². The van der Waals surface area contributed by atoms with Gasteiger partial charge in [0.15, 0.2) is 0 Å². The first-order valence-electron chi connectivity index (χ1n) is 5.16. The second-order valence-corrected chi connectivity index (χ2v) is 3.35. The molecule has 0 aliphatic rings. The second kappa shape index (κ2) is 6.29. The van der Waals surface area contributed by atoms with Gasteiger partial charge in [0.1, 0.15) is 13.2 Å². The number of rotatable bonds is 5. The lowest BCUT2D eigenvalue weighted by Crippen LogP contribution is -2.14. The van der Waals surface area contributed by atoms with Gasteiger partial charge in [0.25, 0.3) is 0 Å². The van der Waals surface area contributed by atoms with Crippen molar-refractivity contribution in [1.29, 1.82) is 0 Å². The maximum Gasteiger partial charge on any atom is 0.340 e. The van der Waals surface area contributed by atoms with Crippen molar-refractivity contribution in [3.8, 4) is 0 Å². The number of nitrogen functional groups attached to an aromatic ring is 2. The topological polar surface area (TPSA) is 105 Å². The van der Waals surface area contributed by atoms with Gasteiger partial charge in [0, 0.05) is 17.5 Å². The van der Waals surface area contributed by atoms with Crippen molar-refractivity contribution in [1.82, 2.24) is 0 Å². The summed E-state index contributed by atoms with van der Waals surface area (Å²) in [4.78, 5) is 22.3. The van der Waals surface area contributed by atoms with Gasteiger partial charge in [-0.05, 0) is 18.2 Å². The van der Waals surface area contributed by atoms with Gasteiger partial charge in [-0.15, -0.1) is 0 Å². The van der Waals surface area contributed by atoms with Gasteiger partial charge in [0.05, 0.1) is 5.56 Å². The smallest absolute Gasteiger partial charge is 0.340 e. The summed E-state index contributed by atoms with van der Waals surface area (Å²) >= 11 is 0. The Kier molecular flexibility index (Phi) is 4.74. The van der Waals surface area contributed by atoms with Crippen molar-refractivity contribution in [2.75, 3.05) is 24.7 Å². The van der Waals surface area contributed by atoms with Gasteiger partial charge in [-0.2, -0.15) is 0 Å². The summed E-state index contributed by atoms with van der Waals surface area (Å²) < 4.78 is 9.51. The van der Waals surface area contributed by atoms with Crippen molar-refractivity contribution in [3.05, 3.63) is 36.4 Å². The molecule has 0 aliphatic carbocycles. The van der Waals surface area contributed by atoms with E-state index in [4.69, 9.17) is 16.2 Å². The van der Waals surface area contributed by atoms with Crippen LogP contribution in [-0.4, -0.2) is 25.2 Å². The second-order valence-electron chi connectivity index (χ2n) is 3.35. The molecule has 0 aromatic heterocycles. The van der Waals surface area contributed by atoms with Gasteiger partial charge in [-0.25, -0.2) is 9.59 Å². The molecule has 6 nitrogen and oxygen atoms in total. The highest BCUT2D eigenvalue weighted by molar-refractivity contribution is 5.96. The highest BCUT2D eigenvalue weighted by Crippen LogP contribution is 2.16. The minimum atomic E-state index is -0.616. The first-order chi connectivity index (χ1) is 8.54. The molecule has 0 fully saturated rings. The summed E-state index contributed by atoms with van der Waals surface area (Å²) in [6.07, 6.45) is 1.03. The molecule has 0 aliphatic heterocycles. The third kappa shape index (κ3) is 3.82. The number of ether oxygens (including phenoxy) is 2. The number of benzene rings is 1. The van der Waals surface area contributed by atoms with Crippen LogP contribution in [0.15, 0.2) is 30.9 Å². The Balaban J connectivity index is 2.48. The van der Waals surface area contributed by atoms with Crippen molar-refractivity contribution < 1.29 is 19.1 Å². The summed E-state index contributed by atoms with van der Waals surface area (Å²) in [5, 5.41) is 0. The Morgan fingerprint density at radius 3 is 2.56 bits per heavy atom. The molecule has 0 saturated carbocycles. The molecule has 1 rings (SSSR count). The van der Waals surface area contributed by atoms with E-state index in [1.54, 1.807) is 6.07 Å². The van der Waals surface area contributed by atoms with Gasteiger partial charge >= 0.3 is 11.9 Å². The van der Waals surface area contributed by atoms with E-state index in [1.807, 2.05) is 0 Å². The molecular weight excluding hydrogens is 236 g/mol. The normalized spacial score (nSPS) is 9.56. The van der Waals surface area contributed by atoms with E-state index < -0.39 is 11.9 Å². The molecule has 0 heterocycles. The first kappa shape index (κ1) is 13.6. The summed E-state index contributed by atoms with van der Waals surface area (Å²) in [5.74, 6) is -1.19. The van der Waals surface area contributed by atoms with E-state index in [9.17, 15) is 9.59 Å². The lowest BCUT2D eigenvalue weighted by Gasteiger charge is -2.07. The zero-order valence-corrected chi connectivity index (χ0v) is 9.72. The van der Waals surface area contributed by atoms with E-state index in [0.717, 1.165) is 6.08 Å². The van der Waals surface area contributed by atoms with Crippen LogP contribution in [0.2, 0.25) is 0 Å². The standard InChI is InChI=1S/C12H14N2O4/c1-2-11(15)17-5-6-18-12(16)9-7-8(13)3-4-10(9)14/h2-4,7H,1,5-6,13-14H2. The molecule has 1 aromatic carbocycles. The van der Waals surface area contributed by atoms with E-state index >= 15 is 0 Å². The number of carbonyl (C=O) groups is 2. The highest BCUT2D eigenvalue weighted by atomic mass is 16.6. The number of hydrogen-bond acceptors (Lipinski definition) is 6. The average molecular weight is 250 g/mol. The van der Waals surface area contributed by atoms with Crippen LogP contribution in [0.3, 0.4) is 0 Å². The highest BCUT2D eigenvalue weighted by Gasteiger charge is 2.11. The minimum absolute atomic E-state index is 0.0428. The average Bonchev–Trinajstić information content (AvgIpc) is 2.36. The van der Waals surface area contributed by atoms with Crippen molar-refractivity contribution >= 4 is 23.3 Å². The van der Waals surface area contributed by atoms with E-state index in [1.165, 1.54) is 12.1 Å². The van der Waals surface area contributed by atoms with Crippen molar-refractivity contribution in [2.24, 2.45) is 0 Å².